The van der Waals surface area contributed by atoms with E-state index >= 15 is 0 Å². The average Bonchev–Trinajstić information content (AvgIpc) is 2.45. The Morgan fingerprint density at radius 1 is 1.15 bits per heavy atom. The van der Waals surface area contributed by atoms with Gasteiger partial charge in [0.2, 0.25) is 0 Å². The van der Waals surface area contributed by atoms with E-state index in [2.05, 4.69) is 12.1 Å². The molecule has 0 heterocycles. The van der Waals surface area contributed by atoms with Gasteiger partial charge in [0.25, 0.3) is 0 Å². The maximum absolute atomic E-state index is 10.7. The van der Waals surface area contributed by atoms with Crippen molar-refractivity contribution in [1.29, 1.82) is 0 Å². The minimum atomic E-state index is -0.759. The van der Waals surface area contributed by atoms with Gasteiger partial charge in [-0.1, -0.05) is 31.4 Å². The molecule has 1 atom stereocenters. The molecule has 0 aliphatic heterocycles. The van der Waals surface area contributed by atoms with E-state index in [1.54, 1.807) is 0 Å². The summed E-state index contributed by atoms with van der Waals surface area (Å²) in [6.45, 7) is 0. The highest BCUT2D eigenvalue weighted by Gasteiger charge is 2.47. The highest BCUT2D eigenvalue weighted by Crippen LogP contribution is 2.57. The summed E-state index contributed by atoms with van der Waals surface area (Å²) in [7, 11) is 0. The highest BCUT2D eigenvalue weighted by molar-refractivity contribution is 8.00. The van der Waals surface area contributed by atoms with Crippen molar-refractivity contribution >= 4 is 17.7 Å². The Bertz CT molecular complexity index is 474. The molecule has 1 N–H and O–H groups in total. The number of thioether (sulfide) groups is 1. The predicted octanol–water partition coefficient (Wildman–Crippen LogP) is 4.52. The third-order valence-electron chi connectivity index (χ3n) is 4.99. The maximum Gasteiger partial charge on any atom is 0.307 e. The van der Waals surface area contributed by atoms with Crippen LogP contribution in [-0.2, 0) is 11.2 Å². The van der Waals surface area contributed by atoms with Crippen LogP contribution >= 0.6 is 11.8 Å². The zero-order chi connectivity index (χ0) is 14.0. The summed E-state index contributed by atoms with van der Waals surface area (Å²) in [4.78, 5) is 12.0. The molecule has 0 aromatic heterocycles. The monoisotopic (exact) mass is 290 g/mol. The summed E-state index contributed by atoms with van der Waals surface area (Å²) in [5, 5.41) is 9.57. The molecular weight excluding hydrogens is 268 g/mol. The molecule has 108 valence electrons. The maximum atomic E-state index is 10.7. The van der Waals surface area contributed by atoms with Gasteiger partial charge in [-0.05, 0) is 48.8 Å². The molecule has 3 rings (SSSR count). The lowest BCUT2D eigenvalue weighted by molar-refractivity contribution is -0.136. The molecule has 0 saturated heterocycles. The molecule has 0 bridgehead atoms. The molecular formula is C17H22O2S. The van der Waals surface area contributed by atoms with E-state index in [1.807, 2.05) is 23.9 Å². The number of carboxylic acids is 1. The number of carboxylic acid groups (broad SMARTS) is 1. The summed E-state index contributed by atoms with van der Waals surface area (Å²) in [6.07, 6.45) is 9.97. The summed E-state index contributed by atoms with van der Waals surface area (Å²) in [5.74, 6) is -0.759. The number of hydrogen-bond donors (Lipinski definition) is 1. The molecule has 1 aromatic carbocycles. The number of rotatable bonds is 4. The van der Waals surface area contributed by atoms with Gasteiger partial charge in [-0.2, -0.15) is 0 Å². The van der Waals surface area contributed by atoms with Gasteiger partial charge in [-0.25, -0.2) is 0 Å². The molecule has 2 fully saturated rings. The van der Waals surface area contributed by atoms with Crippen molar-refractivity contribution in [1.82, 2.24) is 0 Å². The second-order valence-corrected chi connectivity index (χ2v) is 7.56. The molecule has 2 aliphatic carbocycles. The standard InChI is InChI=1S/C17H22O2S/c18-16(19)12-13-4-6-14(7-5-13)20-15-8-11-17(15)9-2-1-3-10-17/h4-7,15H,1-3,8-12H2,(H,18,19). The van der Waals surface area contributed by atoms with Gasteiger partial charge in [0.15, 0.2) is 0 Å². The highest BCUT2D eigenvalue weighted by atomic mass is 32.2. The van der Waals surface area contributed by atoms with Crippen molar-refractivity contribution in [3.8, 4) is 0 Å². The molecule has 20 heavy (non-hydrogen) atoms. The van der Waals surface area contributed by atoms with Crippen LogP contribution in [-0.4, -0.2) is 16.3 Å². The first kappa shape index (κ1) is 14.0. The number of carbonyl (C=O) groups is 1. The largest absolute Gasteiger partial charge is 0.481 e. The Labute approximate surface area is 125 Å². The van der Waals surface area contributed by atoms with Crippen molar-refractivity contribution in [2.45, 2.75) is 61.5 Å². The number of hydrogen-bond acceptors (Lipinski definition) is 2. The van der Waals surface area contributed by atoms with E-state index in [9.17, 15) is 4.79 Å². The Morgan fingerprint density at radius 2 is 1.85 bits per heavy atom. The zero-order valence-corrected chi connectivity index (χ0v) is 12.6. The Kier molecular flexibility index (Phi) is 4.06. The number of aliphatic carboxylic acids is 1. The van der Waals surface area contributed by atoms with Crippen LogP contribution in [0.15, 0.2) is 29.2 Å². The van der Waals surface area contributed by atoms with Crippen LogP contribution in [0.25, 0.3) is 0 Å². The SMILES string of the molecule is O=C(O)Cc1ccc(SC2CCC23CCCCC3)cc1. The van der Waals surface area contributed by atoms with Gasteiger partial charge < -0.3 is 5.11 Å². The van der Waals surface area contributed by atoms with Crippen LogP contribution in [0.4, 0.5) is 0 Å². The van der Waals surface area contributed by atoms with Gasteiger partial charge in [-0.15, -0.1) is 11.8 Å². The van der Waals surface area contributed by atoms with Crippen LogP contribution in [0.1, 0.15) is 50.5 Å². The zero-order valence-electron chi connectivity index (χ0n) is 11.8. The molecule has 2 aliphatic rings. The van der Waals surface area contributed by atoms with Gasteiger partial charge in [0.1, 0.15) is 0 Å². The fourth-order valence-corrected chi connectivity index (χ4v) is 5.17. The third-order valence-corrected chi connectivity index (χ3v) is 6.56. The predicted molar refractivity (Wildman–Crippen MR) is 82.2 cm³/mol. The quantitative estimate of drug-likeness (QED) is 0.886. The molecule has 1 unspecified atom stereocenters. The third kappa shape index (κ3) is 2.88. The van der Waals surface area contributed by atoms with Gasteiger partial charge >= 0.3 is 5.97 Å². The minimum Gasteiger partial charge on any atom is -0.481 e. The van der Waals surface area contributed by atoms with Crippen molar-refractivity contribution in [3.63, 3.8) is 0 Å². The molecule has 2 nitrogen and oxygen atoms in total. The summed E-state index contributed by atoms with van der Waals surface area (Å²) >= 11 is 2.02. The lowest BCUT2D eigenvalue weighted by atomic mass is 9.60. The van der Waals surface area contributed by atoms with E-state index in [-0.39, 0.29) is 6.42 Å². The normalized spacial score (nSPS) is 24.3. The molecule has 0 radical (unpaired) electrons. The van der Waals surface area contributed by atoms with E-state index in [1.165, 1.54) is 49.8 Å². The van der Waals surface area contributed by atoms with Crippen molar-refractivity contribution in [2.24, 2.45) is 5.41 Å². The second kappa shape index (κ2) is 5.80. The average molecular weight is 290 g/mol. The Hall–Kier alpha value is -0.960. The van der Waals surface area contributed by atoms with Crippen LogP contribution in [0.3, 0.4) is 0 Å². The van der Waals surface area contributed by atoms with Crippen LogP contribution < -0.4 is 0 Å². The van der Waals surface area contributed by atoms with E-state index < -0.39 is 5.97 Å². The molecule has 0 amide bonds. The van der Waals surface area contributed by atoms with Crippen molar-refractivity contribution in [3.05, 3.63) is 29.8 Å². The van der Waals surface area contributed by atoms with Crippen LogP contribution in [0, 0.1) is 5.41 Å². The molecule has 3 heteroatoms. The second-order valence-electron chi connectivity index (χ2n) is 6.28. The van der Waals surface area contributed by atoms with Crippen LogP contribution in [0.5, 0.6) is 0 Å². The molecule has 1 spiro atoms. The van der Waals surface area contributed by atoms with Crippen molar-refractivity contribution in [2.75, 3.05) is 0 Å². The first-order valence-corrected chi connectivity index (χ1v) is 8.53. The fraction of sp³-hybridized carbons (Fsp3) is 0.588. The lowest BCUT2D eigenvalue weighted by Crippen LogP contribution is -2.44. The van der Waals surface area contributed by atoms with Gasteiger partial charge in [-0.3, -0.25) is 4.79 Å². The minimum absolute atomic E-state index is 0.123. The fourth-order valence-electron chi connectivity index (χ4n) is 3.71. The summed E-state index contributed by atoms with van der Waals surface area (Å²) in [6, 6.07) is 8.11. The topological polar surface area (TPSA) is 37.3 Å². The lowest BCUT2D eigenvalue weighted by Gasteiger charge is -2.52. The summed E-state index contributed by atoms with van der Waals surface area (Å²) < 4.78 is 0. The van der Waals surface area contributed by atoms with Gasteiger partial charge in [0.05, 0.1) is 6.42 Å². The first-order chi connectivity index (χ1) is 9.68. The smallest absolute Gasteiger partial charge is 0.307 e. The Balaban J connectivity index is 1.61. The van der Waals surface area contributed by atoms with Gasteiger partial charge in [0, 0.05) is 10.1 Å². The Morgan fingerprint density at radius 3 is 2.40 bits per heavy atom. The van der Waals surface area contributed by atoms with Crippen LogP contribution in [0.2, 0.25) is 0 Å². The molecule has 2 saturated carbocycles. The molecule has 1 aromatic rings. The van der Waals surface area contributed by atoms with E-state index in [0.717, 1.165) is 10.8 Å². The summed E-state index contributed by atoms with van der Waals surface area (Å²) in [5.41, 5.74) is 1.52. The van der Waals surface area contributed by atoms with E-state index in [0.29, 0.717) is 5.41 Å². The number of benzene rings is 1. The first-order valence-electron chi connectivity index (χ1n) is 7.65. The van der Waals surface area contributed by atoms with Crippen molar-refractivity contribution < 1.29 is 9.90 Å². The van der Waals surface area contributed by atoms with E-state index in [4.69, 9.17) is 5.11 Å².